The number of halogens is 1. The van der Waals surface area contributed by atoms with Gasteiger partial charge < -0.3 is 15.0 Å². The van der Waals surface area contributed by atoms with Crippen LogP contribution in [0.2, 0.25) is 0 Å². The van der Waals surface area contributed by atoms with Crippen LogP contribution in [-0.4, -0.2) is 44.3 Å². The molecule has 1 aromatic carbocycles. The Bertz CT molecular complexity index is 342. The molecular formula is C13H19ClN2O. The maximum absolute atomic E-state index is 5.75. The van der Waals surface area contributed by atoms with E-state index in [4.69, 9.17) is 16.3 Å². The van der Waals surface area contributed by atoms with Crippen LogP contribution < -0.4 is 5.32 Å². The van der Waals surface area contributed by atoms with E-state index in [0.717, 1.165) is 37.5 Å². The molecule has 1 aromatic rings. The molecule has 1 unspecified atom stereocenters. The van der Waals surface area contributed by atoms with Crippen molar-refractivity contribution < 1.29 is 4.74 Å². The van der Waals surface area contributed by atoms with Crippen molar-refractivity contribution in [3.05, 3.63) is 29.8 Å². The van der Waals surface area contributed by atoms with Crippen LogP contribution in [0.15, 0.2) is 24.3 Å². The van der Waals surface area contributed by atoms with Crippen molar-refractivity contribution in [2.75, 3.05) is 38.6 Å². The highest BCUT2D eigenvalue weighted by Gasteiger charge is 2.16. The highest BCUT2D eigenvalue weighted by molar-refractivity contribution is 6.17. The van der Waals surface area contributed by atoms with Crippen LogP contribution in [-0.2, 0) is 10.6 Å². The van der Waals surface area contributed by atoms with E-state index in [1.54, 1.807) is 0 Å². The molecule has 0 spiro atoms. The lowest BCUT2D eigenvalue weighted by Gasteiger charge is -2.30. The van der Waals surface area contributed by atoms with Crippen LogP contribution in [0.5, 0.6) is 0 Å². The molecule has 94 valence electrons. The predicted molar refractivity (Wildman–Crippen MR) is 71.7 cm³/mol. The number of alkyl halides is 1. The zero-order chi connectivity index (χ0) is 12.1. The number of anilines is 1. The minimum absolute atomic E-state index is 0.279. The van der Waals surface area contributed by atoms with Gasteiger partial charge in [-0.15, -0.1) is 11.6 Å². The normalized spacial score (nSPS) is 21.4. The van der Waals surface area contributed by atoms with Crippen LogP contribution in [0.3, 0.4) is 0 Å². The standard InChI is InChI=1S/C13H19ClN2O/c1-16-6-7-17-13(10-16)9-15-12-4-2-11(8-14)3-5-12/h2-5,13,15H,6-10H2,1H3. The number of benzene rings is 1. The number of nitrogens with one attached hydrogen (secondary N) is 1. The number of rotatable bonds is 4. The highest BCUT2D eigenvalue weighted by atomic mass is 35.5. The molecule has 1 atom stereocenters. The Hall–Kier alpha value is -0.770. The number of likely N-dealkylation sites (N-methyl/N-ethyl adjacent to an activating group) is 1. The molecule has 2 rings (SSSR count). The summed E-state index contributed by atoms with van der Waals surface area (Å²) in [6, 6.07) is 8.21. The molecule has 1 aliphatic rings. The molecule has 1 fully saturated rings. The summed E-state index contributed by atoms with van der Waals surface area (Å²) in [6.07, 6.45) is 0.279. The van der Waals surface area contributed by atoms with E-state index < -0.39 is 0 Å². The summed E-state index contributed by atoms with van der Waals surface area (Å²) in [5, 5.41) is 3.39. The fourth-order valence-corrected chi connectivity index (χ4v) is 2.11. The van der Waals surface area contributed by atoms with Gasteiger partial charge in [0.25, 0.3) is 0 Å². The first kappa shape index (κ1) is 12.7. The monoisotopic (exact) mass is 254 g/mol. The molecule has 0 aliphatic carbocycles. The molecule has 0 radical (unpaired) electrons. The topological polar surface area (TPSA) is 24.5 Å². The van der Waals surface area contributed by atoms with Gasteiger partial charge in [0.15, 0.2) is 0 Å². The third kappa shape index (κ3) is 3.87. The van der Waals surface area contributed by atoms with Gasteiger partial charge in [0.05, 0.1) is 12.7 Å². The Morgan fingerprint density at radius 1 is 1.41 bits per heavy atom. The zero-order valence-electron chi connectivity index (χ0n) is 10.2. The molecule has 1 saturated heterocycles. The summed E-state index contributed by atoms with van der Waals surface area (Å²) in [4.78, 5) is 2.30. The average Bonchev–Trinajstić information content (AvgIpc) is 2.37. The summed E-state index contributed by atoms with van der Waals surface area (Å²) in [7, 11) is 2.13. The van der Waals surface area contributed by atoms with Crippen LogP contribution in [0.25, 0.3) is 0 Å². The number of morpholine rings is 1. The smallest absolute Gasteiger partial charge is 0.0874 e. The Balaban J connectivity index is 1.80. The summed E-state index contributed by atoms with van der Waals surface area (Å²) >= 11 is 5.75. The molecule has 1 heterocycles. The van der Waals surface area contributed by atoms with Crippen molar-refractivity contribution in [2.24, 2.45) is 0 Å². The maximum atomic E-state index is 5.75. The lowest BCUT2D eigenvalue weighted by atomic mass is 10.2. The summed E-state index contributed by atoms with van der Waals surface area (Å²) in [6.45, 7) is 3.70. The summed E-state index contributed by atoms with van der Waals surface area (Å²) in [5.41, 5.74) is 2.27. The van der Waals surface area contributed by atoms with Crippen molar-refractivity contribution in [1.82, 2.24) is 4.90 Å². The van der Waals surface area contributed by atoms with Crippen molar-refractivity contribution in [1.29, 1.82) is 0 Å². The van der Waals surface area contributed by atoms with Crippen LogP contribution >= 0.6 is 11.6 Å². The van der Waals surface area contributed by atoms with E-state index in [1.807, 2.05) is 12.1 Å². The third-order valence-electron chi connectivity index (χ3n) is 2.98. The number of nitrogens with zero attached hydrogens (tertiary/aromatic N) is 1. The number of hydrogen-bond acceptors (Lipinski definition) is 3. The first-order valence-corrected chi connectivity index (χ1v) is 6.50. The van der Waals surface area contributed by atoms with E-state index in [-0.39, 0.29) is 6.10 Å². The quantitative estimate of drug-likeness (QED) is 0.834. The molecule has 1 N–H and O–H groups in total. The van der Waals surface area contributed by atoms with Gasteiger partial charge in [-0.25, -0.2) is 0 Å². The molecule has 3 nitrogen and oxygen atoms in total. The molecule has 0 aromatic heterocycles. The molecular weight excluding hydrogens is 236 g/mol. The van der Waals surface area contributed by atoms with Crippen molar-refractivity contribution >= 4 is 17.3 Å². The lowest BCUT2D eigenvalue weighted by molar-refractivity contribution is -0.0117. The van der Waals surface area contributed by atoms with E-state index in [1.165, 1.54) is 0 Å². The lowest BCUT2D eigenvalue weighted by Crippen LogP contribution is -2.43. The van der Waals surface area contributed by atoms with E-state index in [2.05, 4.69) is 29.4 Å². The second-order valence-electron chi connectivity index (χ2n) is 4.47. The van der Waals surface area contributed by atoms with Gasteiger partial charge in [-0.2, -0.15) is 0 Å². The van der Waals surface area contributed by atoms with Gasteiger partial charge >= 0.3 is 0 Å². The SMILES string of the molecule is CN1CCOC(CNc2ccc(CCl)cc2)C1. The molecule has 4 heteroatoms. The molecule has 0 amide bonds. The number of hydrogen-bond donors (Lipinski definition) is 1. The number of ether oxygens (including phenoxy) is 1. The van der Waals surface area contributed by atoms with E-state index in [9.17, 15) is 0 Å². The zero-order valence-corrected chi connectivity index (χ0v) is 10.9. The van der Waals surface area contributed by atoms with Gasteiger partial charge in [0, 0.05) is 31.2 Å². The van der Waals surface area contributed by atoms with E-state index in [0.29, 0.717) is 5.88 Å². The molecule has 17 heavy (non-hydrogen) atoms. The Morgan fingerprint density at radius 2 is 2.18 bits per heavy atom. The van der Waals surface area contributed by atoms with Crippen molar-refractivity contribution in [3.63, 3.8) is 0 Å². The fraction of sp³-hybridized carbons (Fsp3) is 0.538. The third-order valence-corrected chi connectivity index (χ3v) is 3.29. The van der Waals surface area contributed by atoms with Crippen LogP contribution in [0, 0.1) is 0 Å². The minimum Gasteiger partial charge on any atom is -0.382 e. The first-order valence-electron chi connectivity index (χ1n) is 5.97. The van der Waals surface area contributed by atoms with Gasteiger partial charge in [0.2, 0.25) is 0 Å². The second kappa shape index (κ2) is 6.24. The van der Waals surface area contributed by atoms with Gasteiger partial charge in [-0.05, 0) is 24.7 Å². The first-order chi connectivity index (χ1) is 8.28. The summed E-state index contributed by atoms with van der Waals surface area (Å²) in [5.74, 6) is 0.566. The summed E-state index contributed by atoms with van der Waals surface area (Å²) < 4.78 is 5.69. The van der Waals surface area contributed by atoms with Crippen LogP contribution in [0.1, 0.15) is 5.56 Å². The van der Waals surface area contributed by atoms with Gasteiger partial charge in [-0.1, -0.05) is 12.1 Å². The van der Waals surface area contributed by atoms with Crippen molar-refractivity contribution in [2.45, 2.75) is 12.0 Å². The Morgan fingerprint density at radius 3 is 2.82 bits per heavy atom. The average molecular weight is 255 g/mol. The van der Waals surface area contributed by atoms with Gasteiger partial charge in [-0.3, -0.25) is 0 Å². The Labute approximate surface area is 108 Å². The van der Waals surface area contributed by atoms with Crippen LogP contribution in [0.4, 0.5) is 5.69 Å². The van der Waals surface area contributed by atoms with Crippen molar-refractivity contribution in [3.8, 4) is 0 Å². The molecule has 1 aliphatic heterocycles. The minimum atomic E-state index is 0.279. The molecule has 0 bridgehead atoms. The predicted octanol–water partition coefficient (Wildman–Crippen LogP) is 2.17. The second-order valence-corrected chi connectivity index (χ2v) is 4.73. The largest absolute Gasteiger partial charge is 0.382 e. The molecule has 0 saturated carbocycles. The fourth-order valence-electron chi connectivity index (χ4n) is 1.93. The van der Waals surface area contributed by atoms with Gasteiger partial charge in [0.1, 0.15) is 0 Å². The maximum Gasteiger partial charge on any atom is 0.0874 e. The highest BCUT2D eigenvalue weighted by Crippen LogP contribution is 2.12. The van der Waals surface area contributed by atoms with E-state index >= 15 is 0 Å². The Kier molecular flexibility index (Phi) is 4.66.